The van der Waals surface area contributed by atoms with E-state index in [0.717, 1.165) is 18.3 Å². The summed E-state index contributed by atoms with van der Waals surface area (Å²) < 4.78 is 0. The Morgan fingerprint density at radius 1 is 1.06 bits per heavy atom. The number of fused-ring (bicyclic) bond motifs is 1. The van der Waals surface area contributed by atoms with Crippen LogP contribution in [-0.4, -0.2) is 10.9 Å². The average molecular weight is 238 g/mol. The highest BCUT2D eigenvalue weighted by molar-refractivity contribution is 5.17. The van der Waals surface area contributed by atoms with Crippen LogP contribution in [0.25, 0.3) is 0 Å². The first-order valence-electron chi connectivity index (χ1n) is 7.19. The van der Waals surface area contributed by atoms with Crippen LogP contribution >= 0.6 is 0 Å². The first-order valence-corrected chi connectivity index (χ1v) is 7.19. The second-order valence-electron chi connectivity index (χ2n) is 7.75. The van der Waals surface area contributed by atoms with E-state index in [2.05, 4.69) is 27.7 Å². The van der Waals surface area contributed by atoms with E-state index in [9.17, 15) is 5.26 Å². The van der Waals surface area contributed by atoms with Crippen LogP contribution in [0.5, 0.6) is 0 Å². The molecule has 0 aromatic heterocycles. The smallest absolute Gasteiger partial charge is 0.104 e. The van der Waals surface area contributed by atoms with E-state index in [1.54, 1.807) is 0 Å². The Bertz CT molecular complexity index is 338. The van der Waals surface area contributed by atoms with Crippen molar-refractivity contribution in [2.24, 2.45) is 28.6 Å². The lowest BCUT2D eigenvalue weighted by Gasteiger charge is -2.45. The van der Waals surface area contributed by atoms with Crippen LogP contribution in [0.3, 0.4) is 0 Å². The summed E-state index contributed by atoms with van der Waals surface area (Å²) in [5.41, 5.74) is 0.573. The maximum atomic E-state index is 9.33. The van der Waals surface area contributed by atoms with Crippen molar-refractivity contribution >= 4 is 0 Å². The quantitative estimate of drug-likeness (QED) is 0.550. The third-order valence-corrected chi connectivity index (χ3v) is 6.98. The Labute approximate surface area is 105 Å². The fraction of sp³-hybridized carbons (Fsp3) is 1.00. The minimum atomic E-state index is -0.307. The van der Waals surface area contributed by atoms with Crippen LogP contribution in [0, 0.1) is 28.6 Å². The molecule has 0 saturated heterocycles. The van der Waals surface area contributed by atoms with Gasteiger partial charge in [0.1, 0.15) is 5.60 Å². The molecule has 0 aromatic rings. The summed E-state index contributed by atoms with van der Waals surface area (Å²) in [5, 5.41) is 9.33. The van der Waals surface area contributed by atoms with Crippen LogP contribution in [0.4, 0.5) is 0 Å². The first-order chi connectivity index (χ1) is 7.87. The third-order valence-electron chi connectivity index (χ3n) is 6.98. The van der Waals surface area contributed by atoms with Crippen molar-refractivity contribution in [3.8, 4) is 0 Å². The molecule has 3 fully saturated rings. The van der Waals surface area contributed by atoms with Gasteiger partial charge in [-0.1, -0.05) is 20.8 Å². The lowest BCUT2D eigenvalue weighted by Crippen LogP contribution is -2.45. The monoisotopic (exact) mass is 238 g/mol. The van der Waals surface area contributed by atoms with E-state index in [1.807, 2.05) is 0 Å². The van der Waals surface area contributed by atoms with Crippen LogP contribution in [0.2, 0.25) is 0 Å². The number of hydrogen-bond donors (Lipinski definition) is 1. The average Bonchev–Trinajstić information content (AvgIpc) is 2.70. The zero-order valence-electron chi connectivity index (χ0n) is 11.6. The SMILES string of the molecule is CC1CCC2C(C)(C)C3CC12CCC3(C)OO. The van der Waals surface area contributed by atoms with Gasteiger partial charge in [-0.3, -0.25) is 5.26 Å². The Kier molecular flexibility index (Phi) is 2.30. The zero-order valence-corrected chi connectivity index (χ0v) is 11.6. The highest BCUT2D eigenvalue weighted by atomic mass is 17.1. The fourth-order valence-electron chi connectivity index (χ4n) is 5.97. The molecule has 1 N–H and O–H groups in total. The van der Waals surface area contributed by atoms with Crippen LogP contribution in [0.15, 0.2) is 0 Å². The molecule has 0 radical (unpaired) electrons. The molecule has 3 rings (SSSR count). The second kappa shape index (κ2) is 3.27. The summed E-state index contributed by atoms with van der Waals surface area (Å²) in [7, 11) is 0. The molecule has 2 bridgehead atoms. The summed E-state index contributed by atoms with van der Waals surface area (Å²) in [6.45, 7) is 9.37. The summed E-state index contributed by atoms with van der Waals surface area (Å²) >= 11 is 0. The second-order valence-corrected chi connectivity index (χ2v) is 7.75. The predicted octanol–water partition coefficient (Wildman–Crippen LogP) is 4.11. The largest absolute Gasteiger partial charge is 0.251 e. The molecule has 5 unspecified atom stereocenters. The Balaban J connectivity index is 2.04. The molecule has 0 heterocycles. The van der Waals surface area contributed by atoms with Crippen LogP contribution in [-0.2, 0) is 4.89 Å². The van der Waals surface area contributed by atoms with Gasteiger partial charge in [0.2, 0.25) is 0 Å². The van der Waals surface area contributed by atoms with Gasteiger partial charge < -0.3 is 0 Å². The van der Waals surface area contributed by atoms with E-state index < -0.39 is 0 Å². The Morgan fingerprint density at radius 3 is 2.41 bits per heavy atom. The third kappa shape index (κ3) is 1.24. The molecule has 0 amide bonds. The number of rotatable bonds is 1. The fourth-order valence-corrected chi connectivity index (χ4v) is 5.97. The van der Waals surface area contributed by atoms with Crippen molar-refractivity contribution in [3.05, 3.63) is 0 Å². The highest BCUT2D eigenvalue weighted by Gasteiger charge is 2.68. The molecule has 3 saturated carbocycles. The van der Waals surface area contributed by atoms with E-state index in [-0.39, 0.29) is 5.60 Å². The van der Waals surface area contributed by atoms with Gasteiger partial charge in [-0.2, -0.15) is 0 Å². The van der Waals surface area contributed by atoms with Gasteiger partial charge >= 0.3 is 0 Å². The lowest BCUT2D eigenvalue weighted by atomic mass is 9.64. The van der Waals surface area contributed by atoms with Crippen LogP contribution in [0.1, 0.15) is 59.8 Å². The van der Waals surface area contributed by atoms with E-state index in [1.165, 1.54) is 25.7 Å². The summed E-state index contributed by atoms with van der Waals surface area (Å²) in [6, 6.07) is 0. The summed E-state index contributed by atoms with van der Waals surface area (Å²) in [5.74, 6) is 2.22. The topological polar surface area (TPSA) is 29.5 Å². The molecular weight excluding hydrogens is 212 g/mol. The van der Waals surface area contributed by atoms with Gasteiger partial charge in [0.05, 0.1) is 0 Å². The minimum Gasteiger partial charge on any atom is -0.251 e. The minimum absolute atomic E-state index is 0.307. The Hall–Kier alpha value is -0.0800. The zero-order chi connectivity index (χ0) is 12.5. The van der Waals surface area contributed by atoms with Gasteiger partial charge in [0, 0.05) is 0 Å². The molecule has 3 aliphatic carbocycles. The molecule has 2 heteroatoms. The number of hydrogen-bond acceptors (Lipinski definition) is 2. The molecular formula is C15H26O2. The van der Waals surface area contributed by atoms with Crippen molar-refractivity contribution in [2.75, 3.05) is 0 Å². The van der Waals surface area contributed by atoms with Gasteiger partial charge in [-0.05, 0) is 67.6 Å². The first kappa shape index (κ1) is 12.0. The normalized spacial score (nSPS) is 55.9. The molecule has 5 atom stereocenters. The van der Waals surface area contributed by atoms with Gasteiger partial charge in [0.25, 0.3) is 0 Å². The predicted molar refractivity (Wildman–Crippen MR) is 67.6 cm³/mol. The highest BCUT2D eigenvalue weighted by Crippen LogP contribution is 2.73. The van der Waals surface area contributed by atoms with Gasteiger partial charge in [-0.15, -0.1) is 0 Å². The summed E-state index contributed by atoms with van der Waals surface area (Å²) in [4.78, 5) is 4.94. The Morgan fingerprint density at radius 2 is 1.76 bits per heavy atom. The van der Waals surface area contributed by atoms with Crippen molar-refractivity contribution in [3.63, 3.8) is 0 Å². The molecule has 98 valence electrons. The van der Waals surface area contributed by atoms with Crippen molar-refractivity contribution < 1.29 is 10.1 Å². The standard InChI is InChI=1S/C15H26O2/c1-10-5-6-11-13(2,3)12-9-15(10,11)8-7-14(12,4)17-16/h10-12,16H,5-9H2,1-4H3. The molecule has 2 nitrogen and oxygen atoms in total. The van der Waals surface area contributed by atoms with E-state index in [0.29, 0.717) is 16.7 Å². The maximum Gasteiger partial charge on any atom is 0.104 e. The van der Waals surface area contributed by atoms with Gasteiger partial charge in [-0.25, -0.2) is 4.89 Å². The molecule has 0 aromatic carbocycles. The van der Waals surface area contributed by atoms with E-state index >= 15 is 0 Å². The van der Waals surface area contributed by atoms with Gasteiger partial charge in [0.15, 0.2) is 0 Å². The van der Waals surface area contributed by atoms with Crippen molar-refractivity contribution in [1.29, 1.82) is 0 Å². The molecule has 17 heavy (non-hydrogen) atoms. The summed E-state index contributed by atoms with van der Waals surface area (Å²) in [6.07, 6.45) is 6.32. The maximum absolute atomic E-state index is 9.33. The lowest BCUT2D eigenvalue weighted by molar-refractivity contribution is -0.345. The molecule has 1 spiro atoms. The molecule has 3 aliphatic rings. The van der Waals surface area contributed by atoms with E-state index in [4.69, 9.17) is 4.89 Å². The van der Waals surface area contributed by atoms with Crippen molar-refractivity contribution in [1.82, 2.24) is 0 Å². The molecule has 0 aliphatic heterocycles. The van der Waals surface area contributed by atoms with Crippen molar-refractivity contribution in [2.45, 2.75) is 65.4 Å². The van der Waals surface area contributed by atoms with Crippen LogP contribution < -0.4 is 0 Å².